The van der Waals surface area contributed by atoms with E-state index in [4.69, 9.17) is 14.2 Å². The maximum absolute atomic E-state index is 12.4. The molecule has 1 N–H and O–H groups in total. The van der Waals surface area contributed by atoms with Crippen molar-refractivity contribution in [2.75, 3.05) is 13.2 Å². The first-order valence-corrected chi connectivity index (χ1v) is 9.07. The Hall–Kier alpha value is -2.69. The molecule has 26 heavy (non-hydrogen) atoms. The van der Waals surface area contributed by atoms with Crippen molar-refractivity contribution in [1.29, 1.82) is 0 Å². The van der Waals surface area contributed by atoms with Crippen molar-refractivity contribution in [3.63, 3.8) is 0 Å². The summed E-state index contributed by atoms with van der Waals surface area (Å²) in [7, 11) is 0. The highest BCUT2D eigenvalue weighted by atomic mass is 16.5. The Kier molecular flexibility index (Phi) is 5.66. The topological polar surface area (TPSA) is 56.8 Å². The molecule has 1 aliphatic rings. The summed E-state index contributed by atoms with van der Waals surface area (Å²) in [5.74, 6) is 2.31. The zero-order valence-electron chi connectivity index (χ0n) is 15.5. The molecule has 0 saturated heterocycles. The largest absolute Gasteiger partial charge is 0.494 e. The number of carbonyl (C=O) groups is 1. The molecule has 1 atom stereocenters. The van der Waals surface area contributed by atoms with Gasteiger partial charge in [-0.05, 0) is 57.2 Å². The van der Waals surface area contributed by atoms with Crippen molar-refractivity contribution in [3.8, 4) is 17.2 Å². The Morgan fingerprint density at radius 3 is 2.58 bits per heavy atom. The maximum Gasteiger partial charge on any atom is 0.251 e. The molecule has 0 saturated carbocycles. The van der Waals surface area contributed by atoms with E-state index in [1.165, 1.54) is 0 Å². The average Bonchev–Trinajstić information content (AvgIpc) is 2.99. The van der Waals surface area contributed by atoms with E-state index in [0.29, 0.717) is 25.3 Å². The molecule has 1 aliphatic heterocycles. The van der Waals surface area contributed by atoms with Crippen molar-refractivity contribution < 1.29 is 19.0 Å². The van der Waals surface area contributed by atoms with Crippen LogP contribution in [0.1, 0.15) is 42.3 Å². The monoisotopic (exact) mass is 355 g/mol. The molecule has 0 fully saturated rings. The molecule has 2 aromatic carbocycles. The van der Waals surface area contributed by atoms with E-state index in [0.717, 1.165) is 34.8 Å². The van der Waals surface area contributed by atoms with Crippen LogP contribution in [0, 0.1) is 0 Å². The van der Waals surface area contributed by atoms with Crippen LogP contribution in [0.25, 0.3) is 0 Å². The van der Waals surface area contributed by atoms with Gasteiger partial charge in [-0.3, -0.25) is 4.79 Å². The normalized spacial score (nSPS) is 15.1. The molecule has 138 valence electrons. The van der Waals surface area contributed by atoms with E-state index in [-0.39, 0.29) is 12.0 Å². The molecular formula is C21H25NO4. The van der Waals surface area contributed by atoms with Crippen LogP contribution in [-0.2, 0) is 13.0 Å². The second-order valence-electron chi connectivity index (χ2n) is 6.27. The van der Waals surface area contributed by atoms with Gasteiger partial charge in [0.15, 0.2) is 0 Å². The molecule has 0 spiro atoms. The number of hydrogen-bond acceptors (Lipinski definition) is 4. The van der Waals surface area contributed by atoms with Gasteiger partial charge in [0.25, 0.3) is 5.91 Å². The Morgan fingerprint density at radius 2 is 1.88 bits per heavy atom. The van der Waals surface area contributed by atoms with E-state index in [9.17, 15) is 4.79 Å². The maximum atomic E-state index is 12.4. The molecular weight excluding hydrogens is 330 g/mol. The lowest BCUT2D eigenvalue weighted by molar-refractivity contribution is 0.0950. The molecule has 0 aliphatic carbocycles. The van der Waals surface area contributed by atoms with Crippen LogP contribution < -0.4 is 19.5 Å². The van der Waals surface area contributed by atoms with E-state index >= 15 is 0 Å². The van der Waals surface area contributed by atoms with Crippen LogP contribution in [0.4, 0.5) is 0 Å². The van der Waals surface area contributed by atoms with Gasteiger partial charge in [-0.15, -0.1) is 0 Å². The SMILES string of the molecule is CCOc1ccc(C(=O)NCc2cc3c(cc2OCC)C[C@H](C)O3)cc1. The molecule has 5 heteroatoms. The summed E-state index contributed by atoms with van der Waals surface area (Å²) in [5.41, 5.74) is 2.67. The van der Waals surface area contributed by atoms with Crippen LogP contribution in [-0.4, -0.2) is 25.2 Å². The Morgan fingerprint density at radius 1 is 1.15 bits per heavy atom. The summed E-state index contributed by atoms with van der Waals surface area (Å²) >= 11 is 0. The van der Waals surface area contributed by atoms with E-state index in [1.807, 2.05) is 32.9 Å². The van der Waals surface area contributed by atoms with Crippen LogP contribution in [0.15, 0.2) is 36.4 Å². The molecule has 1 heterocycles. The van der Waals surface area contributed by atoms with Gasteiger partial charge >= 0.3 is 0 Å². The fourth-order valence-electron chi connectivity index (χ4n) is 3.06. The smallest absolute Gasteiger partial charge is 0.251 e. The Labute approximate surface area is 154 Å². The van der Waals surface area contributed by atoms with Gasteiger partial charge in [-0.25, -0.2) is 0 Å². The summed E-state index contributed by atoms with van der Waals surface area (Å²) in [4.78, 5) is 12.4. The van der Waals surface area contributed by atoms with Crippen LogP contribution in [0.2, 0.25) is 0 Å². The third-order valence-corrected chi connectivity index (χ3v) is 4.25. The summed E-state index contributed by atoms with van der Waals surface area (Å²) in [6, 6.07) is 11.1. The second kappa shape index (κ2) is 8.13. The average molecular weight is 355 g/mol. The molecule has 2 aromatic rings. The molecule has 3 rings (SSSR count). The minimum absolute atomic E-state index is 0.134. The number of rotatable bonds is 7. The van der Waals surface area contributed by atoms with Gasteiger partial charge in [-0.2, -0.15) is 0 Å². The minimum Gasteiger partial charge on any atom is -0.494 e. The fourth-order valence-corrected chi connectivity index (χ4v) is 3.06. The van der Waals surface area contributed by atoms with Gasteiger partial charge < -0.3 is 19.5 Å². The predicted octanol–water partition coefficient (Wildman–Crippen LogP) is 3.74. The summed E-state index contributed by atoms with van der Waals surface area (Å²) in [5, 5.41) is 2.95. The van der Waals surface area contributed by atoms with Gasteiger partial charge in [0.05, 0.1) is 13.2 Å². The van der Waals surface area contributed by atoms with Crippen molar-refractivity contribution >= 4 is 5.91 Å². The van der Waals surface area contributed by atoms with Gasteiger partial charge in [0.2, 0.25) is 0 Å². The quantitative estimate of drug-likeness (QED) is 0.822. The van der Waals surface area contributed by atoms with Crippen molar-refractivity contribution in [2.24, 2.45) is 0 Å². The summed E-state index contributed by atoms with van der Waals surface area (Å²) < 4.78 is 17.0. The number of carbonyl (C=O) groups excluding carboxylic acids is 1. The van der Waals surface area contributed by atoms with Crippen molar-refractivity contribution in [2.45, 2.75) is 39.8 Å². The third-order valence-electron chi connectivity index (χ3n) is 4.25. The first kappa shape index (κ1) is 18.1. The van der Waals surface area contributed by atoms with Gasteiger partial charge in [-0.1, -0.05) is 0 Å². The number of benzene rings is 2. The molecule has 0 aromatic heterocycles. The third kappa shape index (κ3) is 4.10. The van der Waals surface area contributed by atoms with Gasteiger partial charge in [0, 0.05) is 29.7 Å². The second-order valence-corrected chi connectivity index (χ2v) is 6.27. The molecule has 0 bridgehead atoms. The first-order chi connectivity index (χ1) is 12.6. The van der Waals surface area contributed by atoms with Crippen molar-refractivity contribution in [3.05, 3.63) is 53.1 Å². The van der Waals surface area contributed by atoms with Crippen LogP contribution >= 0.6 is 0 Å². The molecule has 0 unspecified atom stereocenters. The summed E-state index contributed by atoms with van der Waals surface area (Å²) in [6.07, 6.45) is 1.06. The highest BCUT2D eigenvalue weighted by molar-refractivity contribution is 5.94. The van der Waals surface area contributed by atoms with E-state index < -0.39 is 0 Å². The lowest BCUT2D eigenvalue weighted by Gasteiger charge is -2.13. The minimum atomic E-state index is -0.134. The molecule has 0 radical (unpaired) electrons. The molecule has 5 nitrogen and oxygen atoms in total. The number of hydrogen-bond donors (Lipinski definition) is 1. The number of amides is 1. The lowest BCUT2D eigenvalue weighted by Crippen LogP contribution is -2.23. The number of fused-ring (bicyclic) bond motifs is 1. The Balaban J connectivity index is 1.70. The Bertz CT molecular complexity index is 770. The van der Waals surface area contributed by atoms with Crippen LogP contribution in [0.5, 0.6) is 17.2 Å². The number of nitrogens with one attached hydrogen (secondary N) is 1. The van der Waals surface area contributed by atoms with E-state index in [2.05, 4.69) is 5.32 Å². The van der Waals surface area contributed by atoms with Crippen molar-refractivity contribution in [1.82, 2.24) is 5.32 Å². The summed E-state index contributed by atoms with van der Waals surface area (Å²) in [6.45, 7) is 7.49. The van der Waals surface area contributed by atoms with Gasteiger partial charge in [0.1, 0.15) is 23.4 Å². The fraction of sp³-hybridized carbons (Fsp3) is 0.381. The van der Waals surface area contributed by atoms with Crippen LogP contribution in [0.3, 0.4) is 0 Å². The van der Waals surface area contributed by atoms with E-state index in [1.54, 1.807) is 24.3 Å². The highest BCUT2D eigenvalue weighted by Gasteiger charge is 2.22. The first-order valence-electron chi connectivity index (χ1n) is 9.07. The zero-order valence-corrected chi connectivity index (χ0v) is 15.5. The predicted molar refractivity (Wildman–Crippen MR) is 100 cm³/mol. The highest BCUT2D eigenvalue weighted by Crippen LogP contribution is 2.35. The number of ether oxygens (including phenoxy) is 3. The standard InChI is InChI=1S/C21H25NO4/c1-4-24-18-8-6-15(7-9-18)21(23)22-13-17-12-20-16(10-14(3)26-20)11-19(17)25-5-2/h6-9,11-12,14H,4-5,10,13H2,1-3H3,(H,22,23)/t14-/m0/s1. The zero-order chi connectivity index (χ0) is 18.5. The molecule has 1 amide bonds. The lowest BCUT2D eigenvalue weighted by atomic mass is 10.1.